The van der Waals surface area contributed by atoms with Gasteiger partial charge >= 0.3 is 0 Å². The van der Waals surface area contributed by atoms with Crippen molar-refractivity contribution in [2.24, 2.45) is 0 Å². The minimum Gasteiger partial charge on any atom is -0.328 e. The van der Waals surface area contributed by atoms with Crippen LogP contribution in [0, 0.1) is 6.92 Å². The molecular weight excluding hydrogens is 340 g/mol. The molecule has 0 aliphatic carbocycles. The molecule has 1 unspecified atom stereocenters. The summed E-state index contributed by atoms with van der Waals surface area (Å²) in [5, 5.41) is 0. The highest BCUT2D eigenvalue weighted by Crippen LogP contribution is 2.23. The van der Waals surface area contributed by atoms with E-state index in [0.717, 1.165) is 36.8 Å². The van der Waals surface area contributed by atoms with Crippen molar-refractivity contribution in [3.8, 4) is 0 Å². The predicted molar refractivity (Wildman–Crippen MR) is 98.3 cm³/mol. The van der Waals surface area contributed by atoms with Crippen molar-refractivity contribution in [1.29, 1.82) is 0 Å². The molecule has 6 nitrogen and oxygen atoms in total. The van der Waals surface area contributed by atoms with Gasteiger partial charge in [-0.3, -0.25) is 9.59 Å². The molecule has 1 aliphatic rings. The van der Waals surface area contributed by atoms with Gasteiger partial charge in [0.15, 0.2) is 9.84 Å². The molecule has 2 rings (SSSR count). The second-order valence-corrected chi connectivity index (χ2v) is 8.87. The van der Waals surface area contributed by atoms with Gasteiger partial charge in [-0.1, -0.05) is 31.9 Å². The Bertz CT molecular complexity index is 745. The molecule has 1 fully saturated rings. The summed E-state index contributed by atoms with van der Waals surface area (Å²) in [6, 6.07) is 7.54. The summed E-state index contributed by atoms with van der Waals surface area (Å²) < 4.78 is 22.9. The maximum atomic E-state index is 12.6. The second kappa shape index (κ2) is 7.99. The minimum absolute atomic E-state index is 0.0727. The van der Waals surface area contributed by atoms with Crippen LogP contribution in [0.1, 0.15) is 31.7 Å². The van der Waals surface area contributed by atoms with E-state index in [9.17, 15) is 18.0 Å². The number of hydrogen-bond acceptors (Lipinski definition) is 4. The summed E-state index contributed by atoms with van der Waals surface area (Å²) in [4.78, 5) is 28.2. The molecule has 138 valence electrons. The molecule has 1 aliphatic heterocycles. The normalized spacial score (nSPS) is 18.5. The standard InChI is InChI=1S/C18H26N2O4S/c1-4-5-8-16-11-19(15-9-6-7-14(2)10-15)17(21)12-20(16)18(22)13-25(3,23)24/h6-7,9-10,16H,4-5,8,11-13H2,1-3H3. The predicted octanol–water partition coefficient (Wildman–Crippen LogP) is 1.77. The summed E-state index contributed by atoms with van der Waals surface area (Å²) in [5.74, 6) is -1.21. The number of unbranched alkanes of at least 4 members (excludes halogenated alkanes) is 1. The van der Waals surface area contributed by atoms with Gasteiger partial charge in [-0.05, 0) is 31.0 Å². The first kappa shape index (κ1) is 19.4. The molecule has 0 bridgehead atoms. The van der Waals surface area contributed by atoms with Gasteiger partial charge in [0.05, 0.1) is 6.04 Å². The topological polar surface area (TPSA) is 74.8 Å². The lowest BCUT2D eigenvalue weighted by molar-refractivity contribution is -0.137. The zero-order valence-corrected chi connectivity index (χ0v) is 15.9. The van der Waals surface area contributed by atoms with Crippen LogP contribution in [-0.2, 0) is 19.4 Å². The molecule has 25 heavy (non-hydrogen) atoms. The fourth-order valence-electron chi connectivity index (χ4n) is 3.10. The monoisotopic (exact) mass is 366 g/mol. The molecule has 1 saturated heterocycles. The fraction of sp³-hybridized carbons (Fsp3) is 0.556. The Kier molecular flexibility index (Phi) is 6.21. The summed E-state index contributed by atoms with van der Waals surface area (Å²) in [6.45, 7) is 4.36. The Morgan fingerprint density at radius 1 is 1.32 bits per heavy atom. The van der Waals surface area contributed by atoms with Crippen LogP contribution in [0.3, 0.4) is 0 Å². The van der Waals surface area contributed by atoms with E-state index in [0.29, 0.717) is 6.54 Å². The molecule has 1 atom stereocenters. The average molecular weight is 366 g/mol. The minimum atomic E-state index is -3.42. The lowest BCUT2D eigenvalue weighted by Crippen LogP contribution is -2.59. The zero-order chi connectivity index (χ0) is 18.6. The highest BCUT2D eigenvalue weighted by Gasteiger charge is 2.36. The van der Waals surface area contributed by atoms with Crippen LogP contribution in [0.2, 0.25) is 0 Å². The van der Waals surface area contributed by atoms with Gasteiger partial charge in [-0.15, -0.1) is 0 Å². The van der Waals surface area contributed by atoms with Crippen molar-refractivity contribution in [3.63, 3.8) is 0 Å². The molecule has 0 radical (unpaired) electrons. The first-order valence-corrected chi connectivity index (χ1v) is 10.6. The largest absolute Gasteiger partial charge is 0.328 e. The lowest BCUT2D eigenvalue weighted by Gasteiger charge is -2.41. The number of sulfone groups is 1. The Balaban J connectivity index is 2.23. The molecule has 0 N–H and O–H groups in total. The summed E-state index contributed by atoms with van der Waals surface area (Å²) in [6.07, 6.45) is 3.69. The molecule has 2 amide bonds. The van der Waals surface area contributed by atoms with Crippen LogP contribution in [0.5, 0.6) is 0 Å². The van der Waals surface area contributed by atoms with Crippen molar-refractivity contribution in [1.82, 2.24) is 4.90 Å². The molecule has 0 saturated carbocycles. The van der Waals surface area contributed by atoms with Crippen LogP contribution in [-0.4, -0.2) is 56.3 Å². The number of amides is 2. The van der Waals surface area contributed by atoms with E-state index >= 15 is 0 Å². The van der Waals surface area contributed by atoms with E-state index < -0.39 is 21.5 Å². The highest BCUT2D eigenvalue weighted by molar-refractivity contribution is 7.91. The van der Waals surface area contributed by atoms with Crippen molar-refractivity contribution >= 4 is 27.3 Å². The van der Waals surface area contributed by atoms with Gasteiger partial charge in [-0.25, -0.2) is 8.42 Å². The highest BCUT2D eigenvalue weighted by atomic mass is 32.2. The van der Waals surface area contributed by atoms with Crippen molar-refractivity contribution in [2.75, 3.05) is 30.0 Å². The number of rotatable bonds is 6. The van der Waals surface area contributed by atoms with Crippen molar-refractivity contribution in [2.45, 2.75) is 39.2 Å². The maximum absolute atomic E-state index is 12.6. The van der Waals surface area contributed by atoms with E-state index in [4.69, 9.17) is 0 Å². The first-order valence-electron chi connectivity index (χ1n) is 8.55. The number of anilines is 1. The maximum Gasteiger partial charge on any atom is 0.246 e. The van der Waals surface area contributed by atoms with Crippen LogP contribution in [0.25, 0.3) is 0 Å². The average Bonchev–Trinajstić information content (AvgIpc) is 2.51. The van der Waals surface area contributed by atoms with E-state index in [1.54, 1.807) is 4.90 Å². The van der Waals surface area contributed by atoms with E-state index in [1.807, 2.05) is 31.2 Å². The molecule has 1 aromatic rings. The molecule has 0 spiro atoms. The number of piperazine rings is 1. The lowest BCUT2D eigenvalue weighted by atomic mass is 10.0. The van der Waals surface area contributed by atoms with E-state index in [-0.39, 0.29) is 18.5 Å². The second-order valence-electron chi connectivity index (χ2n) is 6.73. The van der Waals surface area contributed by atoms with Gasteiger partial charge in [0.1, 0.15) is 12.3 Å². The van der Waals surface area contributed by atoms with Crippen LogP contribution in [0.15, 0.2) is 24.3 Å². The molecule has 0 aromatic heterocycles. The van der Waals surface area contributed by atoms with E-state index in [2.05, 4.69) is 6.92 Å². The smallest absolute Gasteiger partial charge is 0.246 e. The quantitative estimate of drug-likeness (QED) is 0.769. The number of carbonyl (C=O) groups is 2. The van der Waals surface area contributed by atoms with Gasteiger partial charge < -0.3 is 9.80 Å². The molecular formula is C18H26N2O4S. The third-order valence-electron chi connectivity index (χ3n) is 4.35. The van der Waals surface area contributed by atoms with Crippen LogP contribution in [0.4, 0.5) is 5.69 Å². The number of aryl methyl sites for hydroxylation is 1. The van der Waals surface area contributed by atoms with Crippen molar-refractivity contribution < 1.29 is 18.0 Å². The summed E-state index contributed by atoms with van der Waals surface area (Å²) in [5.41, 5.74) is 1.88. The first-order chi connectivity index (χ1) is 11.7. The number of nitrogens with zero attached hydrogens (tertiary/aromatic N) is 2. The Morgan fingerprint density at radius 2 is 2.04 bits per heavy atom. The molecule has 1 aromatic carbocycles. The van der Waals surface area contributed by atoms with Gasteiger partial charge in [0.2, 0.25) is 11.8 Å². The van der Waals surface area contributed by atoms with Gasteiger partial charge in [0.25, 0.3) is 0 Å². The van der Waals surface area contributed by atoms with Crippen LogP contribution >= 0.6 is 0 Å². The third-order valence-corrected chi connectivity index (χ3v) is 5.12. The number of carbonyl (C=O) groups excluding carboxylic acids is 2. The number of benzene rings is 1. The molecule has 7 heteroatoms. The van der Waals surface area contributed by atoms with Gasteiger partial charge in [-0.2, -0.15) is 0 Å². The number of hydrogen-bond donors (Lipinski definition) is 0. The third kappa shape index (κ3) is 5.29. The van der Waals surface area contributed by atoms with E-state index in [1.165, 1.54) is 4.90 Å². The van der Waals surface area contributed by atoms with Crippen molar-refractivity contribution in [3.05, 3.63) is 29.8 Å². The summed E-state index contributed by atoms with van der Waals surface area (Å²) >= 11 is 0. The zero-order valence-electron chi connectivity index (χ0n) is 15.1. The Morgan fingerprint density at radius 3 is 2.64 bits per heavy atom. The SMILES string of the molecule is CCCCC1CN(c2cccc(C)c2)C(=O)CN1C(=O)CS(C)(=O)=O. The molecule has 1 heterocycles. The Hall–Kier alpha value is -1.89. The fourth-order valence-corrected chi connectivity index (χ4v) is 3.72. The Labute approximate surface area is 149 Å². The summed E-state index contributed by atoms with van der Waals surface area (Å²) in [7, 11) is -3.42. The van der Waals surface area contributed by atoms with Crippen LogP contribution < -0.4 is 4.90 Å². The van der Waals surface area contributed by atoms with Gasteiger partial charge in [0, 0.05) is 18.5 Å².